The van der Waals surface area contributed by atoms with Gasteiger partial charge in [-0.3, -0.25) is 14.9 Å². The number of hydrogen-bond acceptors (Lipinski definition) is 6. The molecular weight excluding hydrogens is 328 g/mol. The predicted octanol–water partition coefficient (Wildman–Crippen LogP) is 4.32. The summed E-state index contributed by atoms with van der Waals surface area (Å²) < 4.78 is 5.43. The van der Waals surface area contributed by atoms with Crippen LogP contribution in [-0.4, -0.2) is 15.0 Å². The van der Waals surface area contributed by atoms with Gasteiger partial charge in [-0.05, 0) is 24.3 Å². The molecule has 1 heterocycles. The number of oxazole rings is 1. The van der Waals surface area contributed by atoms with Gasteiger partial charge in [0.25, 0.3) is 10.9 Å². The molecule has 0 atom stereocenters. The summed E-state index contributed by atoms with van der Waals surface area (Å²) >= 11 is 6.49. The fraction of sp³-hybridized carbons (Fsp3) is 0. The van der Waals surface area contributed by atoms with E-state index in [0.717, 1.165) is 17.8 Å². The standard InChI is InChI=1S/C14H7ClN2O4S/c15-9-6-5-8(7-11(9)17(19)20)13(18)22-14-16-10-3-1-2-4-12(10)21-14/h1-7H. The monoisotopic (exact) mass is 334 g/mol. The normalized spacial score (nSPS) is 10.8. The van der Waals surface area contributed by atoms with Gasteiger partial charge >= 0.3 is 0 Å². The number of rotatable bonds is 3. The van der Waals surface area contributed by atoms with Gasteiger partial charge in [-0.1, -0.05) is 23.7 Å². The van der Waals surface area contributed by atoms with Gasteiger partial charge < -0.3 is 4.42 Å². The van der Waals surface area contributed by atoms with Crippen LogP contribution in [0.5, 0.6) is 0 Å². The van der Waals surface area contributed by atoms with E-state index in [1.165, 1.54) is 12.1 Å². The van der Waals surface area contributed by atoms with Gasteiger partial charge in [0.05, 0.1) is 4.92 Å². The minimum atomic E-state index is -0.636. The van der Waals surface area contributed by atoms with E-state index in [0.29, 0.717) is 11.1 Å². The highest BCUT2D eigenvalue weighted by Crippen LogP contribution is 2.30. The molecule has 3 aromatic rings. The maximum Gasteiger partial charge on any atom is 0.288 e. The van der Waals surface area contributed by atoms with Gasteiger partial charge in [0.1, 0.15) is 10.5 Å². The quantitative estimate of drug-likeness (QED) is 0.402. The molecule has 110 valence electrons. The molecule has 3 rings (SSSR count). The minimum Gasteiger partial charge on any atom is -0.431 e. The summed E-state index contributed by atoms with van der Waals surface area (Å²) in [6.45, 7) is 0. The van der Waals surface area contributed by atoms with Crippen LogP contribution in [0.4, 0.5) is 5.69 Å². The molecule has 0 fully saturated rings. The second kappa shape index (κ2) is 5.78. The molecule has 0 saturated heterocycles. The lowest BCUT2D eigenvalue weighted by Gasteiger charge is -1.99. The number of thioether (sulfide) groups is 1. The van der Waals surface area contributed by atoms with E-state index >= 15 is 0 Å². The van der Waals surface area contributed by atoms with Crippen molar-refractivity contribution < 1.29 is 14.1 Å². The van der Waals surface area contributed by atoms with E-state index in [2.05, 4.69) is 4.98 Å². The van der Waals surface area contributed by atoms with Gasteiger partial charge in [0.15, 0.2) is 5.58 Å². The van der Waals surface area contributed by atoms with E-state index in [9.17, 15) is 14.9 Å². The van der Waals surface area contributed by atoms with Crippen LogP contribution < -0.4 is 0 Å². The van der Waals surface area contributed by atoms with Gasteiger partial charge in [-0.15, -0.1) is 0 Å². The van der Waals surface area contributed by atoms with E-state index in [1.54, 1.807) is 18.2 Å². The third-order valence-electron chi connectivity index (χ3n) is 2.83. The summed E-state index contributed by atoms with van der Waals surface area (Å²) in [5, 5.41) is 10.6. The molecule has 0 N–H and O–H groups in total. The Kier molecular flexibility index (Phi) is 3.82. The Hall–Kier alpha value is -2.38. The van der Waals surface area contributed by atoms with E-state index in [4.69, 9.17) is 16.0 Å². The van der Waals surface area contributed by atoms with Crippen molar-refractivity contribution in [3.05, 3.63) is 63.2 Å². The van der Waals surface area contributed by atoms with Crippen LogP contribution in [0.1, 0.15) is 10.4 Å². The van der Waals surface area contributed by atoms with Gasteiger partial charge in [-0.2, -0.15) is 0 Å². The molecule has 1 aromatic heterocycles. The number of aromatic nitrogens is 1. The van der Waals surface area contributed by atoms with Crippen LogP contribution in [0.2, 0.25) is 5.02 Å². The SMILES string of the molecule is O=C(Sc1nc2ccccc2o1)c1ccc(Cl)c([N+](=O)[O-])c1. The molecular formula is C14H7ClN2O4S. The molecule has 0 saturated carbocycles. The number of halogens is 1. The molecule has 2 aromatic carbocycles. The number of fused-ring (bicyclic) bond motifs is 1. The summed E-state index contributed by atoms with van der Waals surface area (Å²) in [5.41, 5.74) is 1.05. The number of carbonyl (C=O) groups excluding carboxylic acids is 1. The first-order chi connectivity index (χ1) is 10.5. The highest BCUT2D eigenvalue weighted by molar-refractivity contribution is 8.14. The van der Waals surface area contributed by atoms with Crippen LogP contribution in [0.15, 0.2) is 52.1 Å². The van der Waals surface area contributed by atoms with Crippen LogP contribution in [-0.2, 0) is 0 Å². The highest BCUT2D eigenvalue weighted by Gasteiger charge is 2.19. The first-order valence-electron chi connectivity index (χ1n) is 6.06. The zero-order chi connectivity index (χ0) is 15.7. The topological polar surface area (TPSA) is 86.2 Å². The molecule has 0 amide bonds. The molecule has 6 nitrogen and oxygen atoms in total. The van der Waals surface area contributed by atoms with Crippen LogP contribution in [0.25, 0.3) is 11.1 Å². The van der Waals surface area contributed by atoms with Crippen molar-refractivity contribution in [3.63, 3.8) is 0 Å². The molecule has 0 aliphatic carbocycles. The van der Waals surface area contributed by atoms with E-state index < -0.39 is 10.0 Å². The lowest BCUT2D eigenvalue weighted by Crippen LogP contribution is -1.96. The summed E-state index contributed by atoms with van der Waals surface area (Å²) in [5.74, 6) is 0. The van der Waals surface area contributed by atoms with Crippen molar-refractivity contribution in [1.82, 2.24) is 4.98 Å². The second-order valence-corrected chi connectivity index (χ2v) is 5.59. The lowest BCUT2D eigenvalue weighted by molar-refractivity contribution is -0.384. The number of nitro benzene ring substituents is 1. The van der Waals surface area contributed by atoms with Gasteiger partial charge in [-0.25, -0.2) is 4.98 Å². The average Bonchev–Trinajstić information content (AvgIpc) is 2.89. The number of benzene rings is 2. The maximum atomic E-state index is 12.2. The van der Waals surface area contributed by atoms with Crippen molar-refractivity contribution in [2.75, 3.05) is 0 Å². The van der Waals surface area contributed by atoms with Crippen molar-refractivity contribution in [1.29, 1.82) is 0 Å². The van der Waals surface area contributed by atoms with Crippen LogP contribution in [0.3, 0.4) is 0 Å². The minimum absolute atomic E-state index is 0.0200. The smallest absolute Gasteiger partial charge is 0.288 e. The van der Waals surface area contributed by atoms with Crippen LogP contribution >= 0.6 is 23.4 Å². The summed E-state index contributed by atoms with van der Waals surface area (Å²) in [4.78, 5) is 26.6. The number of para-hydroxylation sites is 2. The Bertz CT molecular complexity index is 860. The largest absolute Gasteiger partial charge is 0.431 e. The molecule has 0 spiro atoms. The number of nitrogens with zero attached hydrogens (tertiary/aromatic N) is 2. The number of hydrogen-bond donors (Lipinski definition) is 0. The first-order valence-corrected chi connectivity index (χ1v) is 7.26. The fourth-order valence-corrected chi connectivity index (χ4v) is 2.68. The summed E-state index contributed by atoms with van der Waals surface area (Å²) in [6, 6.07) is 11.0. The first kappa shape index (κ1) is 14.6. The van der Waals surface area contributed by atoms with Crippen molar-refractivity contribution in [3.8, 4) is 0 Å². The molecule has 0 aliphatic rings. The Morgan fingerprint density at radius 3 is 2.77 bits per heavy atom. The third kappa shape index (κ3) is 2.81. The second-order valence-electron chi connectivity index (χ2n) is 4.26. The number of carbonyl (C=O) groups is 1. The van der Waals surface area contributed by atoms with Crippen LogP contribution in [0, 0.1) is 10.1 Å². The maximum absolute atomic E-state index is 12.2. The van der Waals surface area contributed by atoms with Gasteiger partial charge in [0.2, 0.25) is 5.12 Å². The van der Waals surface area contributed by atoms with E-state index in [1.807, 2.05) is 6.07 Å². The lowest BCUT2D eigenvalue weighted by atomic mass is 10.2. The summed E-state index contributed by atoms with van der Waals surface area (Å²) in [7, 11) is 0. The third-order valence-corrected chi connectivity index (χ3v) is 3.92. The van der Waals surface area contributed by atoms with Crippen molar-refractivity contribution >= 4 is 45.3 Å². The molecule has 0 aliphatic heterocycles. The fourth-order valence-electron chi connectivity index (χ4n) is 1.81. The average molecular weight is 335 g/mol. The molecule has 0 radical (unpaired) electrons. The number of nitro groups is 1. The van der Waals surface area contributed by atoms with Gasteiger partial charge in [0, 0.05) is 23.4 Å². The molecule has 8 heteroatoms. The summed E-state index contributed by atoms with van der Waals surface area (Å²) in [6.07, 6.45) is 0. The predicted molar refractivity (Wildman–Crippen MR) is 82.3 cm³/mol. The Balaban J connectivity index is 1.88. The van der Waals surface area contributed by atoms with Crippen molar-refractivity contribution in [2.45, 2.75) is 5.22 Å². The molecule has 0 bridgehead atoms. The van der Waals surface area contributed by atoms with Crippen molar-refractivity contribution in [2.24, 2.45) is 0 Å². The Morgan fingerprint density at radius 1 is 1.27 bits per heavy atom. The molecule has 0 unspecified atom stereocenters. The zero-order valence-corrected chi connectivity index (χ0v) is 12.4. The Labute approximate surface area is 133 Å². The highest BCUT2D eigenvalue weighted by atomic mass is 35.5. The Morgan fingerprint density at radius 2 is 2.05 bits per heavy atom. The van der Waals surface area contributed by atoms with E-state index in [-0.39, 0.29) is 21.5 Å². The molecule has 22 heavy (non-hydrogen) atoms. The zero-order valence-electron chi connectivity index (χ0n) is 10.9.